The summed E-state index contributed by atoms with van der Waals surface area (Å²) in [5, 5.41) is 0. The molecule has 2 N–H and O–H groups in total. The summed E-state index contributed by atoms with van der Waals surface area (Å²) in [5.41, 5.74) is 6.52. The van der Waals surface area contributed by atoms with Crippen LogP contribution in [0.1, 0.15) is 32.3 Å². The molecule has 0 radical (unpaired) electrons. The van der Waals surface area contributed by atoms with Crippen LogP contribution in [0, 0.1) is 0 Å². The quantitative estimate of drug-likeness (QED) is 0.930. The third-order valence-corrected chi connectivity index (χ3v) is 3.62. The summed E-state index contributed by atoms with van der Waals surface area (Å²) >= 11 is 0. The Hall–Kier alpha value is -1.10. The molecule has 0 aliphatic carbocycles. The molecule has 1 aliphatic heterocycles. The fourth-order valence-electron chi connectivity index (χ4n) is 2.91. The Morgan fingerprint density at radius 1 is 1.43 bits per heavy atom. The maximum atomic E-state index is 12.8. The van der Waals surface area contributed by atoms with Gasteiger partial charge in [0, 0.05) is 19.6 Å². The van der Waals surface area contributed by atoms with Gasteiger partial charge in [-0.05, 0) is 26.3 Å². The third-order valence-electron chi connectivity index (χ3n) is 3.62. The van der Waals surface area contributed by atoms with Crippen LogP contribution in [0.15, 0.2) is 30.3 Å². The number of benzene rings is 1. The Morgan fingerprint density at radius 2 is 2.05 bits per heavy atom. The Kier molecular flexibility index (Phi) is 6.20. The summed E-state index contributed by atoms with van der Waals surface area (Å²) in [5.74, 6) is -0.167. The Bertz CT molecular complexity index is 465. The molecule has 1 aromatic carbocycles. The average molecular weight is 313 g/mol. The van der Waals surface area contributed by atoms with Gasteiger partial charge in [0.25, 0.3) is 0 Å². The lowest BCUT2D eigenvalue weighted by Gasteiger charge is -2.42. The van der Waals surface area contributed by atoms with E-state index >= 15 is 0 Å². The minimum absolute atomic E-state index is 0. The first-order chi connectivity index (χ1) is 9.43. The van der Waals surface area contributed by atoms with Gasteiger partial charge in [0.15, 0.2) is 0 Å². The average Bonchev–Trinajstić information content (AvgIpc) is 2.38. The van der Waals surface area contributed by atoms with Crippen molar-refractivity contribution in [3.63, 3.8) is 0 Å². The SMILES string of the molecule is CC1CN(C(=O)C(CN)c2ccccc2)CC(C)(C)O1.Cl. The summed E-state index contributed by atoms with van der Waals surface area (Å²) in [6, 6.07) is 9.75. The second kappa shape index (κ2) is 7.25. The van der Waals surface area contributed by atoms with Crippen LogP contribution in [0.5, 0.6) is 0 Å². The molecule has 1 aromatic rings. The molecule has 1 heterocycles. The van der Waals surface area contributed by atoms with Crippen molar-refractivity contribution in [2.45, 2.75) is 38.4 Å². The Labute approximate surface area is 133 Å². The van der Waals surface area contributed by atoms with Crippen molar-refractivity contribution in [3.05, 3.63) is 35.9 Å². The minimum Gasteiger partial charge on any atom is -0.369 e. The van der Waals surface area contributed by atoms with Gasteiger partial charge in [-0.2, -0.15) is 0 Å². The van der Waals surface area contributed by atoms with Crippen molar-refractivity contribution in [1.29, 1.82) is 0 Å². The third kappa shape index (κ3) is 4.43. The first-order valence-corrected chi connectivity index (χ1v) is 7.14. The number of rotatable bonds is 3. The van der Waals surface area contributed by atoms with Crippen LogP contribution in [0.2, 0.25) is 0 Å². The van der Waals surface area contributed by atoms with E-state index in [1.54, 1.807) is 0 Å². The molecule has 1 amide bonds. The van der Waals surface area contributed by atoms with Crippen molar-refractivity contribution in [3.8, 4) is 0 Å². The number of nitrogens with two attached hydrogens (primary N) is 1. The minimum atomic E-state index is -0.302. The molecule has 5 heteroatoms. The molecule has 2 rings (SSSR count). The first-order valence-electron chi connectivity index (χ1n) is 7.14. The number of carbonyl (C=O) groups excluding carboxylic acids is 1. The number of halogens is 1. The predicted octanol–water partition coefficient (Wildman–Crippen LogP) is 2.18. The smallest absolute Gasteiger partial charge is 0.231 e. The lowest BCUT2D eigenvalue weighted by atomic mass is 9.96. The highest BCUT2D eigenvalue weighted by Gasteiger charge is 2.36. The zero-order valence-electron chi connectivity index (χ0n) is 12.9. The molecule has 1 fully saturated rings. The van der Waals surface area contributed by atoms with Gasteiger partial charge in [-0.3, -0.25) is 4.79 Å². The predicted molar refractivity (Wildman–Crippen MR) is 86.7 cm³/mol. The van der Waals surface area contributed by atoms with Crippen LogP contribution in [0.3, 0.4) is 0 Å². The second-order valence-corrected chi connectivity index (χ2v) is 6.11. The first kappa shape index (κ1) is 18.0. The molecule has 118 valence electrons. The van der Waals surface area contributed by atoms with Gasteiger partial charge in [0.1, 0.15) is 0 Å². The van der Waals surface area contributed by atoms with E-state index < -0.39 is 0 Å². The molecule has 0 spiro atoms. The van der Waals surface area contributed by atoms with Gasteiger partial charge in [-0.15, -0.1) is 12.4 Å². The standard InChI is InChI=1S/C16H24N2O2.ClH/c1-12-10-18(11-16(2,3)20-12)15(19)14(9-17)13-7-5-4-6-8-13;/h4-8,12,14H,9-11,17H2,1-3H3;1H. The zero-order valence-corrected chi connectivity index (χ0v) is 13.7. The van der Waals surface area contributed by atoms with Crippen molar-refractivity contribution in [1.82, 2.24) is 4.90 Å². The van der Waals surface area contributed by atoms with E-state index in [1.165, 1.54) is 0 Å². The number of carbonyl (C=O) groups is 1. The van der Waals surface area contributed by atoms with Crippen molar-refractivity contribution in [2.75, 3.05) is 19.6 Å². The van der Waals surface area contributed by atoms with Crippen LogP contribution < -0.4 is 5.73 Å². The van der Waals surface area contributed by atoms with E-state index in [2.05, 4.69) is 0 Å². The topological polar surface area (TPSA) is 55.6 Å². The van der Waals surface area contributed by atoms with Crippen LogP contribution in [0.4, 0.5) is 0 Å². The number of morpholine rings is 1. The number of amides is 1. The van der Waals surface area contributed by atoms with Gasteiger partial charge in [0.2, 0.25) is 5.91 Å². The molecule has 2 unspecified atom stereocenters. The van der Waals surface area contributed by atoms with Crippen molar-refractivity contribution in [2.24, 2.45) is 5.73 Å². The summed E-state index contributed by atoms with van der Waals surface area (Å²) in [4.78, 5) is 14.6. The highest BCUT2D eigenvalue weighted by molar-refractivity contribution is 5.85. The maximum absolute atomic E-state index is 12.8. The van der Waals surface area contributed by atoms with Gasteiger partial charge >= 0.3 is 0 Å². The van der Waals surface area contributed by atoms with Crippen LogP contribution >= 0.6 is 12.4 Å². The molecule has 1 saturated heterocycles. The van der Waals surface area contributed by atoms with Gasteiger partial charge in [0.05, 0.1) is 17.6 Å². The molecule has 21 heavy (non-hydrogen) atoms. The van der Waals surface area contributed by atoms with E-state index in [0.717, 1.165) is 5.56 Å². The summed E-state index contributed by atoms with van der Waals surface area (Å²) in [6.07, 6.45) is 0.0527. The number of hydrogen-bond donors (Lipinski definition) is 1. The van der Waals surface area contributed by atoms with E-state index in [0.29, 0.717) is 19.6 Å². The lowest BCUT2D eigenvalue weighted by molar-refractivity contribution is -0.159. The number of hydrogen-bond acceptors (Lipinski definition) is 3. The molecule has 4 nitrogen and oxygen atoms in total. The van der Waals surface area contributed by atoms with E-state index in [9.17, 15) is 4.79 Å². The highest BCUT2D eigenvalue weighted by Crippen LogP contribution is 2.25. The van der Waals surface area contributed by atoms with E-state index in [1.807, 2.05) is 56.0 Å². The van der Waals surface area contributed by atoms with Crippen LogP contribution in [-0.4, -0.2) is 42.1 Å². The van der Waals surface area contributed by atoms with E-state index in [4.69, 9.17) is 10.5 Å². The summed E-state index contributed by atoms with van der Waals surface area (Å²) in [6.45, 7) is 7.60. The monoisotopic (exact) mass is 312 g/mol. The van der Waals surface area contributed by atoms with Gasteiger partial charge in [-0.1, -0.05) is 30.3 Å². The fourth-order valence-corrected chi connectivity index (χ4v) is 2.91. The normalized spacial score (nSPS) is 22.3. The molecule has 1 aliphatic rings. The lowest BCUT2D eigenvalue weighted by Crippen LogP contribution is -2.55. The largest absolute Gasteiger partial charge is 0.369 e. The molecular formula is C16H25ClN2O2. The summed E-state index contributed by atoms with van der Waals surface area (Å²) < 4.78 is 5.85. The van der Waals surface area contributed by atoms with Crippen molar-refractivity contribution < 1.29 is 9.53 Å². The summed E-state index contributed by atoms with van der Waals surface area (Å²) in [7, 11) is 0. The molecule has 0 aromatic heterocycles. The zero-order chi connectivity index (χ0) is 14.8. The molecule has 0 bridgehead atoms. The Morgan fingerprint density at radius 3 is 2.57 bits per heavy atom. The van der Waals surface area contributed by atoms with E-state index in [-0.39, 0.29) is 35.9 Å². The number of nitrogens with zero attached hydrogens (tertiary/aromatic N) is 1. The highest BCUT2D eigenvalue weighted by atomic mass is 35.5. The molecule has 0 saturated carbocycles. The maximum Gasteiger partial charge on any atom is 0.231 e. The van der Waals surface area contributed by atoms with Gasteiger partial charge in [-0.25, -0.2) is 0 Å². The van der Waals surface area contributed by atoms with Crippen LogP contribution in [-0.2, 0) is 9.53 Å². The second-order valence-electron chi connectivity index (χ2n) is 6.11. The fraction of sp³-hybridized carbons (Fsp3) is 0.562. The Balaban J connectivity index is 0.00000220. The molecule has 2 atom stereocenters. The molecular weight excluding hydrogens is 288 g/mol. The number of ether oxygens (including phenoxy) is 1. The van der Waals surface area contributed by atoms with Crippen molar-refractivity contribution >= 4 is 18.3 Å². The van der Waals surface area contributed by atoms with Gasteiger partial charge < -0.3 is 15.4 Å². The van der Waals surface area contributed by atoms with Crippen LogP contribution in [0.25, 0.3) is 0 Å².